The summed E-state index contributed by atoms with van der Waals surface area (Å²) in [5.74, 6) is -0.778. The molecule has 1 saturated carbocycles. The number of rotatable bonds is 6. The summed E-state index contributed by atoms with van der Waals surface area (Å²) in [4.78, 5) is 39.4. The van der Waals surface area contributed by atoms with Crippen LogP contribution in [-0.2, 0) is 14.3 Å². The first kappa shape index (κ1) is 22.4. The van der Waals surface area contributed by atoms with Crippen LogP contribution in [0.25, 0.3) is 0 Å². The van der Waals surface area contributed by atoms with Crippen LogP contribution < -0.4 is 5.32 Å². The zero-order valence-corrected chi connectivity index (χ0v) is 18.4. The lowest BCUT2D eigenvalue weighted by molar-refractivity contribution is -0.137. The fraction of sp³-hybridized carbons (Fsp3) is 0.667. The lowest BCUT2D eigenvalue weighted by atomic mass is 9.94. The molecule has 1 N–H and O–H groups in total. The van der Waals surface area contributed by atoms with Crippen LogP contribution in [0, 0.1) is 12.3 Å². The number of esters is 1. The molecule has 7 heteroatoms. The number of anilines is 1. The number of carbonyl (C=O) groups excluding carboxylic acids is 3. The molecule has 0 spiro atoms. The third-order valence-electron chi connectivity index (χ3n) is 5.02. The van der Waals surface area contributed by atoms with Gasteiger partial charge in [-0.05, 0) is 38.3 Å². The molecule has 6 nitrogen and oxygen atoms in total. The number of likely N-dealkylation sites (N-methyl/N-ethyl adjacent to an activating group) is 1. The lowest BCUT2D eigenvalue weighted by Gasteiger charge is -2.33. The summed E-state index contributed by atoms with van der Waals surface area (Å²) in [6.07, 6.45) is 5.56. The molecule has 1 fully saturated rings. The van der Waals surface area contributed by atoms with Crippen molar-refractivity contribution < 1.29 is 19.1 Å². The first-order valence-corrected chi connectivity index (χ1v) is 10.8. The Bertz CT molecular complexity index is 714. The fourth-order valence-corrected chi connectivity index (χ4v) is 4.31. The lowest BCUT2D eigenvalue weighted by Crippen LogP contribution is -2.43. The van der Waals surface area contributed by atoms with Crippen LogP contribution in [0.15, 0.2) is 6.07 Å². The van der Waals surface area contributed by atoms with Gasteiger partial charge in [0.05, 0.1) is 5.00 Å². The van der Waals surface area contributed by atoms with Gasteiger partial charge >= 0.3 is 5.97 Å². The average molecular weight is 409 g/mol. The van der Waals surface area contributed by atoms with E-state index in [0.717, 1.165) is 31.2 Å². The van der Waals surface area contributed by atoms with Gasteiger partial charge in [0.2, 0.25) is 5.91 Å². The Morgan fingerprint density at radius 1 is 1.21 bits per heavy atom. The molecule has 0 atom stereocenters. The van der Waals surface area contributed by atoms with Crippen molar-refractivity contribution in [2.45, 2.75) is 72.8 Å². The Labute approximate surface area is 171 Å². The number of hydrogen-bond donors (Lipinski definition) is 1. The number of amides is 2. The molecule has 2 rings (SSSR count). The van der Waals surface area contributed by atoms with Crippen LogP contribution in [-0.4, -0.2) is 41.9 Å². The Morgan fingerprint density at radius 3 is 2.43 bits per heavy atom. The first-order valence-electron chi connectivity index (χ1n) is 10.0. The van der Waals surface area contributed by atoms with Gasteiger partial charge in [0.15, 0.2) is 6.61 Å². The van der Waals surface area contributed by atoms with Crippen molar-refractivity contribution in [2.75, 3.05) is 18.5 Å². The number of carbonyl (C=O) groups is 3. The summed E-state index contributed by atoms with van der Waals surface area (Å²) in [5, 5.41) is 3.43. The molecule has 0 radical (unpaired) electrons. The first-order chi connectivity index (χ1) is 13.1. The zero-order chi connectivity index (χ0) is 20.9. The van der Waals surface area contributed by atoms with E-state index >= 15 is 0 Å². The molecule has 1 heterocycles. The number of hydrogen-bond acceptors (Lipinski definition) is 5. The van der Waals surface area contributed by atoms with Crippen molar-refractivity contribution in [1.29, 1.82) is 0 Å². The standard InChI is InChI=1S/C21H32N2O4S/c1-6-23(15-10-8-7-9-11-15)17(24)13-27-19(25)18-14(2)12-16(28-18)22-20(26)21(3,4)5/h12,15H,6-11,13H2,1-5H3,(H,22,26). The highest BCUT2D eigenvalue weighted by atomic mass is 32.1. The Balaban J connectivity index is 1.95. The van der Waals surface area contributed by atoms with Crippen LogP contribution in [0.1, 0.15) is 75.0 Å². The Morgan fingerprint density at radius 2 is 1.86 bits per heavy atom. The van der Waals surface area contributed by atoms with Crippen LogP contribution in [0.2, 0.25) is 0 Å². The third-order valence-corrected chi connectivity index (χ3v) is 6.16. The van der Waals surface area contributed by atoms with Gasteiger partial charge in [-0.15, -0.1) is 11.3 Å². The molecule has 0 unspecified atom stereocenters. The van der Waals surface area contributed by atoms with Crippen molar-refractivity contribution in [1.82, 2.24) is 4.90 Å². The zero-order valence-electron chi connectivity index (χ0n) is 17.6. The maximum Gasteiger partial charge on any atom is 0.349 e. The summed E-state index contributed by atoms with van der Waals surface area (Å²) in [6.45, 7) is 9.62. The maximum atomic E-state index is 12.6. The van der Waals surface area contributed by atoms with Crippen molar-refractivity contribution >= 4 is 34.1 Å². The molecular weight excluding hydrogens is 376 g/mol. The van der Waals surface area contributed by atoms with E-state index in [-0.39, 0.29) is 24.5 Å². The van der Waals surface area contributed by atoms with Crippen LogP contribution in [0.5, 0.6) is 0 Å². The summed E-state index contributed by atoms with van der Waals surface area (Å²) in [6, 6.07) is 2.01. The van der Waals surface area contributed by atoms with E-state index in [9.17, 15) is 14.4 Å². The molecule has 1 aromatic rings. The summed E-state index contributed by atoms with van der Waals surface area (Å²) in [7, 11) is 0. The predicted octanol–water partition coefficient (Wildman–Crippen LogP) is 4.38. The molecular formula is C21H32N2O4S. The molecule has 1 aliphatic rings. The topological polar surface area (TPSA) is 75.7 Å². The van der Waals surface area contributed by atoms with E-state index in [4.69, 9.17) is 4.74 Å². The van der Waals surface area contributed by atoms with Gasteiger partial charge in [0, 0.05) is 18.0 Å². The van der Waals surface area contributed by atoms with Gasteiger partial charge < -0.3 is 15.0 Å². The van der Waals surface area contributed by atoms with E-state index in [0.29, 0.717) is 16.4 Å². The monoisotopic (exact) mass is 408 g/mol. The number of thiophene rings is 1. The second-order valence-electron chi connectivity index (χ2n) is 8.37. The SMILES string of the molecule is CCN(C(=O)COC(=O)c1sc(NC(=O)C(C)(C)C)cc1C)C1CCCCC1. The van der Waals surface area contributed by atoms with Crippen molar-refractivity contribution in [2.24, 2.45) is 5.41 Å². The Kier molecular flexibility index (Phi) is 7.63. The maximum absolute atomic E-state index is 12.6. The van der Waals surface area contributed by atoms with Crippen molar-refractivity contribution in [3.05, 3.63) is 16.5 Å². The van der Waals surface area contributed by atoms with Gasteiger partial charge in [0.25, 0.3) is 5.91 Å². The third kappa shape index (κ3) is 5.80. The minimum absolute atomic E-state index is 0.116. The average Bonchev–Trinajstić information content (AvgIpc) is 3.00. The molecule has 1 aliphatic carbocycles. The van der Waals surface area contributed by atoms with Gasteiger partial charge in [-0.1, -0.05) is 40.0 Å². The molecule has 1 aromatic heterocycles. The van der Waals surface area contributed by atoms with Crippen LogP contribution in [0.4, 0.5) is 5.00 Å². The van der Waals surface area contributed by atoms with Gasteiger partial charge in [-0.25, -0.2) is 4.79 Å². The molecule has 28 heavy (non-hydrogen) atoms. The number of aryl methyl sites for hydroxylation is 1. The van der Waals surface area contributed by atoms with Crippen molar-refractivity contribution in [3.63, 3.8) is 0 Å². The Hall–Kier alpha value is -1.89. The van der Waals surface area contributed by atoms with Crippen LogP contribution in [0.3, 0.4) is 0 Å². The summed E-state index contributed by atoms with van der Waals surface area (Å²) >= 11 is 1.17. The van der Waals surface area contributed by atoms with Crippen molar-refractivity contribution in [3.8, 4) is 0 Å². The van der Waals surface area contributed by atoms with E-state index in [1.165, 1.54) is 17.8 Å². The quantitative estimate of drug-likeness (QED) is 0.709. The molecule has 0 aromatic carbocycles. The van der Waals surface area contributed by atoms with E-state index in [1.807, 2.05) is 32.6 Å². The number of ether oxygens (including phenoxy) is 1. The van der Waals surface area contributed by atoms with E-state index in [1.54, 1.807) is 13.0 Å². The van der Waals surface area contributed by atoms with Gasteiger partial charge in [0.1, 0.15) is 4.88 Å². The second-order valence-corrected chi connectivity index (χ2v) is 9.43. The highest BCUT2D eigenvalue weighted by Gasteiger charge is 2.26. The highest BCUT2D eigenvalue weighted by molar-refractivity contribution is 7.18. The van der Waals surface area contributed by atoms with E-state index in [2.05, 4.69) is 5.32 Å². The number of nitrogens with one attached hydrogen (secondary N) is 1. The fourth-order valence-electron chi connectivity index (χ4n) is 3.35. The second kappa shape index (κ2) is 9.54. The number of nitrogens with zero attached hydrogens (tertiary/aromatic N) is 1. The predicted molar refractivity (Wildman–Crippen MR) is 112 cm³/mol. The van der Waals surface area contributed by atoms with Crippen LogP contribution >= 0.6 is 11.3 Å². The molecule has 2 amide bonds. The molecule has 0 saturated heterocycles. The highest BCUT2D eigenvalue weighted by Crippen LogP contribution is 2.29. The molecule has 0 bridgehead atoms. The minimum Gasteiger partial charge on any atom is -0.451 e. The minimum atomic E-state index is -0.521. The summed E-state index contributed by atoms with van der Waals surface area (Å²) < 4.78 is 5.30. The smallest absolute Gasteiger partial charge is 0.349 e. The molecule has 0 aliphatic heterocycles. The van der Waals surface area contributed by atoms with Gasteiger partial charge in [-0.2, -0.15) is 0 Å². The van der Waals surface area contributed by atoms with Gasteiger partial charge in [-0.3, -0.25) is 9.59 Å². The largest absolute Gasteiger partial charge is 0.451 e. The van der Waals surface area contributed by atoms with E-state index < -0.39 is 11.4 Å². The summed E-state index contributed by atoms with van der Waals surface area (Å²) in [5.41, 5.74) is 0.208. The normalized spacial score (nSPS) is 15.2. The molecule has 156 valence electrons.